The van der Waals surface area contributed by atoms with Gasteiger partial charge in [0, 0.05) is 118 Å². The minimum atomic E-state index is -3.64. The number of nitrogens with zero attached hydrogens (tertiary/aromatic N) is 4. The van der Waals surface area contributed by atoms with Gasteiger partial charge in [-0.3, -0.25) is 0 Å². The molecule has 4 aromatic heterocycles. The lowest BCUT2D eigenvalue weighted by molar-refractivity contribution is 0.302. The van der Waals surface area contributed by atoms with Crippen molar-refractivity contribution in [1.29, 1.82) is 0 Å². The van der Waals surface area contributed by atoms with Gasteiger partial charge in [-0.15, -0.1) is 45.3 Å². The summed E-state index contributed by atoms with van der Waals surface area (Å²) < 4.78 is 139. The Morgan fingerprint density at radius 1 is 0.381 bits per heavy atom. The van der Waals surface area contributed by atoms with E-state index in [-0.39, 0.29) is 17.0 Å². The second-order valence-corrected chi connectivity index (χ2v) is 43.2. The number of benzene rings is 5. The van der Waals surface area contributed by atoms with Gasteiger partial charge in [0.25, 0.3) is 0 Å². The molecule has 5 aromatic carbocycles. The molecule has 9 aromatic rings. The number of fused-ring (bicyclic) bond motifs is 12. The van der Waals surface area contributed by atoms with Crippen molar-refractivity contribution in [3.05, 3.63) is 134 Å². The normalized spacial score (nSPS) is 21.3. The summed E-state index contributed by atoms with van der Waals surface area (Å²) in [7, 11) is -9.81. The van der Waals surface area contributed by atoms with Crippen molar-refractivity contribution in [3.63, 3.8) is 0 Å². The van der Waals surface area contributed by atoms with Crippen LogP contribution in [0, 0.1) is 30.6 Å². The fraction of sp³-hybridized carbons (Fsp3) is 0.500. The molecule has 8 heterocycles. The number of hydrogen-bond acceptors (Lipinski definition) is 26. The van der Waals surface area contributed by atoms with Crippen LogP contribution in [0.15, 0.2) is 114 Å². The first-order valence-corrected chi connectivity index (χ1v) is 51.2. The van der Waals surface area contributed by atoms with Crippen molar-refractivity contribution in [3.8, 4) is 79.5 Å². The average Bonchev–Trinajstić information content (AvgIpc) is 1.54. The standard InChI is InChI=1S/C26H31N3O4S2.C20H27N3O4S2.2C19H25N3O3S2/c1-17-7-12-22(32-2)24(15-17)35(30,31)29-19-10-8-18(9-11-19)16-27-26-28-25-20-5-3-4-6-21(20)33-14-13-23(25)34-26;1-26-16-5-3-4-15-18-17(10-11-27-19(15)16)28-20(23-18)22-14-8-6-13(7-9-14)12-21-29(2,24)25;1-27(23,24)20-12-13-6-8-14(9-7-13)21-19-22-18-15-4-2-3-5-16(15)25-11-10-17(18)26-19;1-27(23,24)22-14-8-6-13(7-9-14)12-20-19-21-18-15-4-2-3-5-16(15)25-11-10-17(18)26-19/h3-7,12,15,18-19,29H,8-11,13-14,16H2,1-2H3,(H,27,28);3-5,13-14,21H,6-12H2,1-2H3,(H,22,23);2-5,13-14,20H,6-12H2,1H3,(H,21,22);2-5,13-14,22H,6-12H2,1H3,(H,20,21). The summed E-state index contributed by atoms with van der Waals surface area (Å²) in [6, 6.07) is 36.2. The molecular weight excluding hydrogens is 1660 g/mol. The van der Waals surface area contributed by atoms with E-state index in [2.05, 4.69) is 58.4 Å². The number of anilines is 4. The molecule has 0 unspecified atom stereocenters. The molecule has 0 amide bonds. The molecule has 4 aliphatic carbocycles. The van der Waals surface area contributed by atoms with Crippen molar-refractivity contribution in [1.82, 2.24) is 38.8 Å². The van der Waals surface area contributed by atoms with E-state index >= 15 is 0 Å². The fourth-order valence-corrected chi connectivity index (χ4v) is 24.0. The van der Waals surface area contributed by atoms with Gasteiger partial charge in [-0.25, -0.2) is 72.5 Å². The van der Waals surface area contributed by atoms with Crippen LogP contribution < -0.4 is 68.6 Å². The lowest BCUT2D eigenvalue weighted by Gasteiger charge is -2.29. The summed E-state index contributed by atoms with van der Waals surface area (Å²) in [6.45, 7) is 7.34. The molecule has 0 atom stereocenters. The van der Waals surface area contributed by atoms with Crippen LogP contribution in [0.3, 0.4) is 0 Å². The van der Waals surface area contributed by atoms with E-state index in [0.717, 1.165) is 241 Å². The number of thiazole rings is 4. The zero-order valence-corrected chi connectivity index (χ0v) is 74.1. The summed E-state index contributed by atoms with van der Waals surface area (Å²) in [5.41, 5.74) is 9.16. The van der Waals surface area contributed by atoms with Crippen LogP contribution in [0.4, 0.5) is 20.5 Å². The van der Waals surface area contributed by atoms with E-state index in [4.69, 9.17) is 48.4 Å². The average molecular weight is 1770 g/mol. The molecule has 17 rings (SSSR count). The largest absolute Gasteiger partial charge is 0.495 e. The molecule has 34 heteroatoms. The summed E-state index contributed by atoms with van der Waals surface area (Å²) in [4.78, 5) is 24.7. The number of ether oxygens (including phenoxy) is 6. The Hall–Kier alpha value is -7.74. The molecule has 0 radical (unpaired) electrons. The van der Waals surface area contributed by atoms with E-state index in [1.165, 1.54) is 45.4 Å². The van der Waals surface area contributed by atoms with E-state index in [9.17, 15) is 33.7 Å². The highest BCUT2D eigenvalue weighted by Crippen LogP contribution is 2.47. The number of sulfonamides is 4. The number of aryl methyl sites for hydroxylation is 1. The van der Waals surface area contributed by atoms with Gasteiger partial charge in [0.1, 0.15) is 27.9 Å². The topological polar surface area (TPSA) is 340 Å². The highest BCUT2D eigenvalue weighted by atomic mass is 32.2. The Balaban J connectivity index is 0.000000130. The Labute approximate surface area is 710 Å². The summed E-state index contributed by atoms with van der Waals surface area (Å²) in [5, 5.41) is 18.1. The molecular formula is C84H108N12O14S8. The predicted molar refractivity (Wildman–Crippen MR) is 472 cm³/mol. The predicted octanol–water partition coefficient (Wildman–Crippen LogP) is 14.8. The van der Waals surface area contributed by atoms with Crippen molar-refractivity contribution < 1.29 is 62.1 Å². The number of hydrogen-bond donors (Lipinski definition) is 8. The van der Waals surface area contributed by atoms with E-state index in [1.807, 2.05) is 85.8 Å². The quantitative estimate of drug-likeness (QED) is 0.0295. The summed E-state index contributed by atoms with van der Waals surface area (Å²) in [6.07, 6.45) is 22.8. The van der Waals surface area contributed by atoms with Gasteiger partial charge in [-0.05, 0) is 200 Å². The van der Waals surface area contributed by atoms with Gasteiger partial charge in [0.2, 0.25) is 40.1 Å². The minimum absolute atomic E-state index is 0.0612. The van der Waals surface area contributed by atoms with Crippen LogP contribution in [0.5, 0.6) is 34.5 Å². The van der Waals surface area contributed by atoms with Crippen LogP contribution in [-0.4, -0.2) is 163 Å². The van der Waals surface area contributed by atoms with Gasteiger partial charge in [-0.1, -0.05) is 48.5 Å². The highest BCUT2D eigenvalue weighted by Gasteiger charge is 2.33. The first-order valence-electron chi connectivity index (χ1n) is 40.8. The van der Waals surface area contributed by atoms with Crippen molar-refractivity contribution in [2.24, 2.45) is 23.7 Å². The number of aromatic nitrogens is 4. The molecule has 26 nitrogen and oxygen atoms in total. The number of rotatable bonds is 23. The van der Waals surface area contributed by atoms with Gasteiger partial charge in [0.05, 0.1) is 82.2 Å². The van der Waals surface area contributed by atoms with E-state index in [0.29, 0.717) is 81.0 Å². The highest BCUT2D eigenvalue weighted by molar-refractivity contribution is 7.90. The first-order chi connectivity index (χ1) is 56.8. The van der Waals surface area contributed by atoms with Crippen molar-refractivity contribution in [2.75, 3.05) is 107 Å². The van der Waals surface area contributed by atoms with Crippen LogP contribution in [0.1, 0.15) is 128 Å². The third kappa shape index (κ3) is 23.5. The Bertz CT molecular complexity index is 5380. The van der Waals surface area contributed by atoms with Crippen molar-refractivity contribution in [2.45, 2.75) is 164 Å². The molecule has 4 fully saturated rings. The zero-order valence-electron chi connectivity index (χ0n) is 67.6. The maximum absolute atomic E-state index is 13.0. The summed E-state index contributed by atoms with van der Waals surface area (Å²) in [5.74, 6) is 6.47. The maximum Gasteiger partial charge on any atom is 0.244 e. The van der Waals surface area contributed by atoms with Gasteiger partial charge < -0.3 is 49.7 Å². The molecule has 8 aliphatic rings. The Kier molecular flexibility index (Phi) is 28.9. The molecule has 4 aliphatic heterocycles. The van der Waals surface area contributed by atoms with Gasteiger partial charge >= 0.3 is 0 Å². The molecule has 4 saturated carbocycles. The van der Waals surface area contributed by atoms with Gasteiger partial charge in [-0.2, -0.15) is 0 Å². The summed E-state index contributed by atoms with van der Waals surface area (Å²) >= 11 is 6.85. The Morgan fingerprint density at radius 3 is 1.14 bits per heavy atom. The lowest BCUT2D eigenvalue weighted by atomic mass is 9.86. The third-order valence-corrected chi connectivity index (χ3v) is 30.6. The molecule has 0 bridgehead atoms. The maximum atomic E-state index is 13.0. The zero-order chi connectivity index (χ0) is 82.6. The lowest BCUT2D eigenvalue weighted by Crippen LogP contribution is -2.38. The molecule has 0 saturated heterocycles. The molecule has 118 heavy (non-hydrogen) atoms. The second-order valence-electron chi connectivity index (χ2n) is 31.7. The van der Waals surface area contributed by atoms with E-state index < -0.39 is 40.1 Å². The molecule has 0 spiro atoms. The Morgan fingerprint density at radius 2 is 0.737 bits per heavy atom. The number of nitrogens with one attached hydrogen (secondary N) is 8. The third-order valence-electron chi connectivity index (χ3n) is 22.7. The molecule has 8 N–H and O–H groups in total. The van der Waals surface area contributed by atoms with E-state index in [1.54, 1.807) is 64.6 Å². The van der Waals surface area contributed by atoms with Crippen LogP contribution in [0.25, 0.3) is 45.0 Å². The fourth-order valence-electron chi connectivity index (χ4n) is 16.5. The number of methoxy groups -OCH3 is 2. The molecule has 636 valence electrons. The minimum Gasteiger partial charge on any atom is -0.495 e. The van der Waals surface area contributed by atoms with Crippen LogP contribution in [0.2, 0.25) is 0 Å². The van der Waals surface area contributed by atoms with Gasteiger partial charge in [0.15, 0.2) is 32.0 Å². The SMILES string of the molecule is COc1ccc(C)cc1S(=O)(=O)NC1CCC(CNc2nc3c(s2)CCOc2ccccc2-3)CC1.COc1cccc2c1OCCc1sc(NC3CCC(CNS(C)(=O)=O)CC3)nc1-2.CS(=O)(=O)NC1CCC(CNc2nc3c(s2)CCOc2ccccc2-3)CC1.CS(=O)(=O)NCC1CCC(Nc2nc3c(s2)CCOc2ccccc2-3)CC1. The van der Waals surface area contributed by atoms with Crippen molar-refractivity contribution >= 4 is 106 Å². The monoisotopic (exact) mass is 1760 g/mol. The first kappa shape index (κ1) is 86.6. The van der Waals surface area contributed by atoms with Crippen LogP contribution in [-0.2, 0) is 65.8 Å². The second kappa shape index (κ2) is 39.4. The van der Waals surface area contributed by atoms with Crippen LogP contribution >= 0.6 is 45.3 Å². The smallest absolute Gasteiger partial charge is 0.244 e. The number of para-hydroxylation sites is 4.